The van der Waals surface area contributed by atoms with E-state index in [1.807, 2.05) is 36.4 Å². The molecule has 3 rings (SSSR count). The van der Waals surface area contributed by atoms with E-state index < -0.39 is 5.91 Å². The number of hydrogen-bond donors (Lipinski definition) is 1. The number of thioether (sulfide) groups is 1. The number of hydrogen-bond acceptors (Lipinski definition) is 4. The van der Waals surface area contributed by atoms with Crippen molar-refractivity contribution < 1.29 is 4.79 Å². The van der Waals surface area contributed by atoms with Crippen LogP contribution in [0.25, 0.3) is 16.6 Å². The Hall–Kier alpha value is -2.60. The standard InChI is InChI=1S/C20H21N3O2S/c1-3-13(2)14-8-10-15(11-9-14)23-19(25)16-6-4-5-7-17(16)22-20(23)26-12-18(21)24/h4-11,13H,3,12H2,1-2H3,(H2,21,24)/t13-/m1/s1. The van der Waals surface area contributed by atoms with Crippen LogP contribution in [0.3, 0.4) is 0 Å². The van der Waals surface area contributed by atoms with Crippen LogP contribution in [0, 0.1) is 0 Å². The molecule has 26 heavy (non-hydrogen) atoms. The average Bonchev–Trinajstić information content (AvgIpc) is 2.66. The van der Waals surface area contributed by atoms with Gasteiger partial charge in [0.25, 0.3) is 5.56 Å². The van der Waals surface area contributed by atoms with Crippen molar-refractivity contribution in [2.75, 3.05) is 5.75 Å². The summed E-state index contributed by atoms with van der Waals surface area (Å²) in [7, 11) is 0. The molecule has 0 fully saturated rings. The molecule has 0 aliphatic rings. The van der Waals surface area contributed by atoms with Crippen LogP contribution < -0.4 is 11.3 Å². The first-order chi connectivity index (χ1) is 12.5. The summed E-state index contributed by atoms with van der Waals surface area (Å²) in [6.07, 6.45) is 1.05. The van der Waals surface area contributed by atoms with Gasteiger partial charge in [-0.25, -0.2) is 4.98 Å². The van der Waals surface area contributed by atoms with Crippen molar-refractivity contribution in [2.45, 2.75) is 31.3 Å². The van der Waals surface area contributed by atoms with Crippen molar-refractivity contribution in [1.82, 2.24) is 9.55 Å². The van der Waals surface area contributed by atoms with Crippen molar-refractivity contribution in [3.05, 3.63) is 64.4 Å². The first kappa shape index (κ1) is 18.2. The molecule has 1 aromatic heterocycles. The number of aromatic nitrogens is 2. The van der Waals surface area contributed by atoms with Crippen molar-refractivity contribution in [3.8, 4) is 5.69 Å². The molecule has 3 aromatic rings. The molecular formula is C20H21N3O2S. The fraction of sp³-hybridized carbons (Fsp3) is 0.250. The van der Waals surface area contributed by atoms with Crippen LogP contribution in [0.5, 0.6) is 0 Å². The van der Waals surface area contributed by atoms with Crippen LogP contribution in [-0.4, -0.2) is 21.2 Å². The predicted molar refractivity (Wildman–Crippen MR) is 106 cm³/mol. The van der Waals surface area contributed by atoms with E-state index in [4.69, 9.17) is 5.73 Å². The number of primary amides is 1. The Kier molecular flexibility index (Phi) is 5.42. The molecule has 5 nitrogen and oxygen atoms in total. The second kappa shape index (κ2) is 7.74. The van der Waals surface area contributed by atoms with Crippen molar-refractivity contribution >= 4 is 28.6 Å². The van der Waals surface area contributed by atoms with E-state index >= 15 is 0 Å². The number of carbonyl (C=O) groups excluding carboxylic acids is 1. The van der Waals surface area contributed by atoms with E-state index in [2.05, 4.69) is 18.8 Å². The minimum absolute atomic E-state index is 0.0652. The van der Waals surface area contributed by atoms with Crippen molar-refractivity contribution in [1.29, 1.82) is 0 Å². The summed E-state index contributed by atoms with van der Waals surface area (Å²) in [4.78, 5) is 28.8. The molecule has 1 atom stereocenters. The molecule has 0 radical (unpaired) electrons. The van der Waals surface area contributed by atoms with Crippen LogP contribution in [-0.2, 0) is 4.79 Å². The molecule has 0 saturated carbocycles. The van der Waals surface area contributed by atoms with Crippen LogP contribution >= 0.6 is 11.8 Å². The number of fused-ring (bicyclic) bond motifs is 1. The van der Waals surface area contributed by atoms with Gasteiger partial charge in [-0.15, -0.1) is 0 Å². The van der Waals surface area contributed by atoms with Gasteiger partial charge in [0.05, 0.1) is 22.3 Å². The van der Waals surface area contributed by atoms with E-state index in [1.54, 1.807) is 16.7 Å². The number of nitrogens with two attached hydrogens (primary N) is 1. The Balaban J connectivity index is 2.15. The van der Waals surface area contributed by atoms with Crippen LogP contribution in [0.4, 0.5) is 0 Å². The highest BCUT2D eigenvalue weighted by Gasteiger charge is 2.14. The van der Waals surface area contributed by atoms with E-state index in [0.717, 1.165) is 12.1 Å². The van der Waals surface area contributed by atoms with Gasteiger partial charge in [-0.05, 0) is 42.2 Å². The number of benzene rings is 2. The first-order valence-corrected chi connectivity index (χ1v) is 9.53. The normalized spacial score (nSPS) is 12.2. The van der Waals surface area contributed by atoms with Gasteiger partial charge in [0, 0.05) is 0 Å². The fourth-order valence-corrected chi connectivity index (χ4v) is 3.51. The Morgan fingerprint density at radius 1 is 1.19 bits per heavy atom. The molecule has 0 spiro atoms. The smallest absolute Gasteiger partial charge is 0.266 e. The number of carbonyl (C=O) groups is 1. The molecule has 1 heterocycles. The highest BCUT2D eigenvalue weighted by atomic mass is 32.2. The average molecular weight is 367 g/mol. The molecule has 134 valence electrons. The molecule has 0 saturated heterocycles. The topological polar surface area (TPSA) is 78.0 Å². The van der Waals surface area contributed by atoms with Crippen LogP contribution in [0.15, 0.2) is 58.5 Å². The summed E-state index contributed by atoms with van der Waals surface area (Å²) in [6.45, 7) is 4.32. The van der Waals surface area contributed by atoms with E-state index in [1.165, 1.54) is 17.3 Å². The fourth-order valence-electron chi connectivity index (χ4n) is 2.76. The van der Waals surface area contributed by atoms with Gasteiger partial charge in [-0.3, -0.25) is 14.2 Å². The Bertz CT molecular complexity index is 996. The highest BCUT2D eigenvalue weighted by Crippen LogP contribution is 2.24. The first-order valence-electron chi connectivity index (χ1n) is 8.54. The lowest BCUT2D eigenvalue weighted by Gasteiger charge is -2.14. The molecule has 6 heteroatoms. The third kappa shape index (κ3) is 3.65. The number of para-hydroxylation sites is 1. The lowest BCUT2D eigenvalue weighted by Crippen LogP contribution is -2.23. The van der Waals surface area contributed by atoms with Gasteiger partial charge in [-0.2, -0.15) is 0 Å². The number of rotatable bonds is 6. The highest BCUT2D eigenvalue weighted by molar-refractivity contribution is 7.99. The molecule has 0 bridgehead atoms. The molecule has 2 N–H and O–H groups in total. The van der Waals surface area contributed by atoms with Crippen molar-refractivity contribution in [3.63, 3.8) is 0 Å². The van der Waals surface area contributed by atoms with Gasteiger partial charge >= 0.3 is 0 Å². The lowest BCUT2D eigenvalue weighted by atomic mass is 9.98. The Morgan fingerprint density at radius 3 is 2.54 bits per heavy atom. The monoisotopic (exact) mass is 367 g/mol. The SMILES string of the molecule is CC[C@@H](C)c1ccc(-n2c(SCC(N)=O)nc3ccccc3c2=O)cc1. The van der Waals surface area contributed by atoms with Crippen molar-refractivity contribution in [2.24, 2.45) is 5.73 Å². The molecule has 0 aliphatic carbocycles. The van der Waals surface area contributed by atoms with E-state index in [0.29, 0.717) is 22.0 Å². The van der Waals surface area contributed by atoms with Gasteiger partial charge in [-0.1, -0.05) is 49.9 Å². The summed E-state index contributed by atoms with van der Waals surface area (Å²) < 4.78 is 1.55. The Labute approximate surface area is 156 Å². The van der Waals surface area contributed by atoms with Gasteiger partial charge in [0.1, 0.15) is 0 Å². The largest absolute Gasteiger partial charge is 0.369 e. The molecular weight excluding hydrogens is 346 g/mol. The summed E-state index contributed by atoms with van der Waals surface area (Å²) in [5.74, 6) is 0.0747. The quantitative estimate of drug-likeness (QED) is 0.534. The van der Waals surface area contributed by atoms with E-state index in [9.17, 15) is 9.59 Å². The molecule has 2 aromatic carbocycles. The third-order valence-electron chi connectivity index (χ3n) is 4.42. The zero-order valence-electron chi connectivity index (χ0n) is 14.8. The lowest BCUT2D eigenvalue weighted by molar-refractivity contribution is -0.115. The molecule has 0 unspecified atom stereocenters. The third-order valence-corrected chi connectivity index (χ3v) is 5.38. The maximum atomic E-state index is 13.1. The summed E-state index contributed by atoms with van der Waals surface area (Å²) in [6, 6.07) is 15.1. The zero-order valence-corrected chi connectivity index (χ0v) is 15.6. The predicted octanol–water partition coefficient (Wildman–Crippen LogP) is 3.48. The maximum absolute atomic E-state index is 13.1. The molecule has 1 amide bonds. The summed E-state index contributed by atoms with van der Waals surface area (Å²) >= 11 is 1.17. The van der Waals surface area contributed by atoms with E-state index in [-0.39, 0.29) is 11.3 Å². The Morgan fingerprint density at radius 2 is 1.88 bits per heavy atom. The van der Waals surface area contributed by atoms with Crippen LogP contribution in [0.1, 0.15) is 31.7 Å². The zero-order chi connectivity index (χ0) is 18.7. The minimum Gasteiger partial charge on any atom is -0.369 e. The second-order valence-corrected chi connectivity index (χ2v) is 7.15. The van der Waals surface area contributed by atoms with Crippen LogP contribution in [0.2, 0.25) is 0 Å². The summed E-state index contributed by atoms with van der Waals surface area (Å²) in [5.41, 5.74) is 7.68. The second-order valence-electron chi connectivity index (χ2n) is 6.21. The van der Waals surface area contributed by atoms with Gasteiger partial charge < -0.3 is 5.73 Å². The minimum atomic E-state index is -0.448. The maximum Gasteiger partial charge on any atom is 0.266 e. The summed E-state index contributed by atoms with van der Waals surface area (Å²) in [5, 5.41) is 1.01. The van der Waals surface area contributed by atoms with Gasteiger partial charge in [0.2, 0.25) is 5.91 Å². The number of nitrogens with zero attached hydrogens (tertiary/aromatic N) is 2. The van der Waals surface area contributed by atoms with Gasteiger partial charge in [0.15, 0.2) is 5.16 Å². The molecule has 0 aliphatic heterocycles. The number of amides is 1.